The van der Waals surface area contributed by atoms with E-state index in [1.807, 2.05) is 30.5 Å². The highest BCUT2D eigenvalue weighted by Crippen LogP contribution is 2.17. The average Bonchev–Trinajstić information content (AvgIpc) is 2.36. The molecule has 2 N–H and O–H groups in total. The molecule has 17 heavy (non-hydrogen) atoms. The molecule has 0 aliphatic rings. The molecule has 0 heterocycles. The van der Waals surface area contributed by atoms with E-state index in [1.54, 1.807) is 18.7 Å². The summed E-state index contributed by atoms with van der Waals surface area (Å²) in [6.07, 6.45) is 7.10. The van der Waals surface area contributed by atoms with Gasteiger partial charge in [-0.2, -0.15) is 0 Å². The van der Waals surface area contributed by atoms with Gasteiger partial charge in [-0.15, -0.1) is 18.2 Å². The molecule has 0 spiro atoms. The van der Waals surface area contributed by atoms with Crippen LogP contribution in [0.5, 0.6) is 0 Å². The van der Waals surface area contributed by atoms with Crippen molar-refractivity contribution in [2.45, 2.75) is 17.9 Å². The molecule has 3 nitrogen and oxygen atoms in total. The Bertz CT molecular complexity index is 408. The standard InChI is InChI=1S/C13H16N2OS/c1-4-9-14-13(16)10(2)15-11-5-7-12(17-3)8-6-11/h1,5-8,10,15H,9H2,2-3H3,(H,14,16). The minimum atomic E-state index is -0.302. The molecule has 0 aromatic heterocycles. The number of nitrogens with one attached hydrogen (secondary N) is 2. The first-order chi connectivity index (χ1) is 8.17. The van der Waals surface area contributed by atoms with Crippen LogP contribution in [0.4, 0.5) is 5.69 Å². The number of hydrogen-bond acceptors (Lipinski definition) is 3. The summed E-state index contributed by atoms with van der Waals surface area (Å²) in [6.45, 7) is 2.06. The molecule has 0 saturated carbocycles. The van der Waals surface area contributed by atoms with Gasteiger partial charge in [0.1, 0.15) is 6.04 Å². The zero-order chi connectivity index (χ0) is 12.7. The Balaban J connectivity index is 2.52. The van der Waals surface area contributed by atoms with E-state index in [2.05, 4.69) is 16.6 Å². The molecule has 0 aliphatic carbocycles. The van der Waals surface area contributed by atoms with Crippen LogP contribution in [-0.4, -0.2) is 24.7 Å². The zero-order valence-corrected chi connectivity index (χ0v) is 10.8. The number of thioether (sulfide) groups is 1. The number of carbonyl (C=O) groups excluding carboxylic acids is 1. The first-order valence-electron chi connectivity index (χ1n) is 5.29. The largest absolute Gasteiger partial charge is 0.374 e. The maximum absolute atomic E-state index is 11.6. The third-order valence-corrected chi connectivity index (χ3v) is 2.97. The number of hydrogen-bond donors (Lipinski definition) is 2. The number of terminal acetylenes is 1. The fourth-order valence-electron chi connectivity index (χ4n) is 1.29. The van der Waals surface area contributed by atoms with Gasteiger partial charge in [-0.1, -0.05) is 5.92 Å². The lowest BCUT2D eigenvalue weighted by Crippen LogP contribution is -2.37. The Kier molecular flexibility index (Phi) is 5.44. The first kappa shape index (κ1) is 13.5. The van der Waals surface area contributed by atoms with Crippen molar-refractivity contribution in [3.8, 4) is 12.3 Å². The number of benzene rings is 1. The van der Waals surface area contributed by atoms with Gasteiger partial charge in [-0.05, 0) is 37.4 Å². The highest BCUT2D eigenvalue weighted by molar-refractivity contribution is 7.98. The van der Waals surface area contributed by atoms with Gasteiger partial charge in [0.25, 0.3) is 0 Å². The minimum absolute atomic E-state index is 0.100. The van der Waals surface area contributed by atoms with Crippen LogP contribution in [0.3, 0.4) is 0 Å². The molecule has 1 aromatic carbocycles. The van der Waals surface area contributed by atoms with Crippen molar-refractivity contribution in [3.05, 3.63) is 24.3 Å². The molecule has 1 amide bonds. The maximum Gasteiger partial charge on any atom is 0.242 e. The predicted octanol–water partition coefficient (Wildman–Crippen LogP) is 1.96. The van der Waals surface area contributed by atoms with Crippen LogP contribution in [0, 0.1) is 12.3 Å². The lowest BCUT2D eigenvalue weighted by molar-refractivity contribution is -0.121. The number of amides is 1. The predicted molar refractivity (Wildman–Crippen MR) is 73.2 cm³/mol. The van der Waals surface area contributed by atoms with Gasteiger partial charge in [0.2, 0.25) is 5.91 Å². The summed E-state index contributed by atoms with van der Waals surface area (Å²) in [4.78, 5) is 12.8. The summed E-state index contributed by atoms with van der Waals surface area (Å²) in [7, 11) is 0. The second-order valence-corrected chi connectivity index (χ2v) is 4.40. The summed E-state index contributed by atoms with van der Waals surface area (Å²) >= 11 is 1.68. The van der Waals surface area contributed by atoms with Crippen molar-refractivity contribution in [2.24, 2.45) is 0 Å². The molecule has 0 radical (unpaired) electrons. The van der Waals surface area contributed by atoms with Crippen LogP contribution in [0.15, 0.2) is 29.2 Å². The SMILES string of the molecule is C#CCNC(=O)C(C)Nc1ccc(SC)cc1. The van der Waals surface area contributed by atoms with Crippen molar-refractivity contribution < 1.29 is 4.79 Å². The Morgan fingerprint density at radius 1 is 1.47 bits per heavy atom. The van der Waals surface area contributed by atoms with E-state index in [4.69, 9.17) is 6.42 Å². The molecule has 0 aliphatic heterocycles. The van der Waals surface area contributed by atoms with Crippen molar-refractivity contribution in [3.63, 3.8) is 0 Å². The fourth-order valence-corrected chi connectivity index (χ4v) is 1.70. The molecule has 1 unspecified atom stereocenters. The summed E-state index contributed by atoms with van der Waals surface area (Å²) in [5.74, 6) is 2.27. The molecule has 1 atom stereocenters. The Morgan fingerprint density at radius 2 is 2.12 bits per heavy atom. The average molecular weight is 248 g/mol. The molecule has 1 rings (SSSR count). The highest BCUT2D eigenvalue weighted by atomic mass is 32.2. The van der Waals surface area contributed by atoms with Crippen molar-refractivity contribution >= 4 is 23.4 Å². The quantitative estimate of drug-likeness (QED) is 0.618. The van der Waals surface area contributed by atoms with Crippen LogP contribution in [-0.2, 0) is 4.79 Å². The molecule has 0 saturated heterocycles. The normalized spacial score (nSPS) is 11.4. The van der Waals surface area contributed by atoms with Gasteiger partial charge >= 0.3 is 0 Å². The maximum atomic E-state index is 11.6. The number of rotatable bonds is 5. The second-order valence-electron chi connectivity index (χ2n) is 3.52. The monoisotopic (exact) mass is 248 g/mol. The highest BCUT2D eigenvalue weighted by Gasteiger charge is 2.10. The number of anilines is 1. The molecule has 90 valence electrons. The Hall–Kier alpha value is -1.60. The molecule has 0 bridgehead atoms. The molecule has 1 aromatic rings. The minimum Gasteiger partial charge on any atom is -0.374 e. The van der Waals surface area contributed by atoms with Crippen molar-refractivity contribution in [1.82, 2.24) is 5.32 Å². The van der Waals surface area contributed by atoms with Crippen LogP contribution in [0.25, 0.3) is 0 Å². The van der Waals surface area contributed by atoms with Gasteiger partial charge < -0.3 is 10.6 Å². The van der Waals surface area contributed by atoms with E-state index < -0.39 is 0 Å². The Morgan fingerprint density at radius 3 is 2.65 bits per heavy atom. The third kappa shape index (κ3) is 4.41. The van der Waals surface area contributed by atoms with Crippen LogP contribution >= 0.6 is 11.8 Å². The lowest BCUT2D eigenvalue weighted by atomic mass is 10.2. The molecular formula is C13H16N2OS. The van der Waals surface area contributed by atoms with E-state index in [-0.39, 0.29) is 18.5 Å². The smallest absolute Gasteiger partial charge is 0.242 e. The molecule has 4 heteroatoms. The van der Waals surface area contributed by atoms with E-state index in [0.717, 1.165) is 5.69 Å². The van der Waals surface area contributed by atoms with Gasteiger partial charge in [-0.3, -0.25) is 4.79 Å². The zero-order valence-electron chi connectivity index (χ0n) is 9.99. The molecule has 0 fully saturated rings. The summed E-state index contributed by atoms with van der Waals surface area (Å²) < 4.78 is 0. The van der Waals surface area contributed by atoms with Gasteiger partial charge in [0.05, 0.1) is 6.54 Å². The van der Waals surface area contributed by atoms with Crippen LogP contribution in [0.1, 0.15) is 6.92 Å². The van der Waals surface area contributed by atoms with E-state index in [1.165, 1.54) is 4.90 Å². The van der Waals surface area contributed by atoms with Crippen LogP contribution < -0.4 is 10.6 Å². The van der Waals surface area contributed by atoms with Crippen molar-refractivity contribution in [1.29, 1.82) is 0 Å². The number of carbonyl (C=O) groups is 1. The summed E-state index contributed by atoms with van der Waals surface area (Å²) in [5.41, 5.74) is 0.922. The molecular weight excluding hydrogens is 232 g/mol. The summed E-state index contributed by atoms with van der Waals surface area (Å²) in [6, 6.07) is 7.63. The van der Waals surface area contributed by atoms with Gasteiger partial charge in [0, 0.05) is 10.6 Å². The third-order valence-electron chi connectivity index (χ3n) is 2.23. The lowest BCUT2D eigenvalue weighted by Gasteiger charge is -2.14. The first-order valence-corrected chi connectivity index (χ1v) is 6.51. The van der Waals surface area contributed by atoms with Gasteiger partial charge in [0.15, 0.2) is 0 Å². The second kappa shape index (κ2) is 6.87. The summed E-state index contributed by atoms with van der Waals surface area (Å²) in [5, 5.41) is 5.75. The van der Waals surface area contributed by atoms with E-state index in [0.29, 0.717) is 0 Å². The fraction of sp³-hybridized carbons (Fsp3) is 0.308. The topological polar surface area (TPSA) is 41.1 Å². The van der Waals surface area contributed by atoms with Crippen LogP contribution in [0.2, 0.25) is 0 Å². The van der Waals surface area contributed by atoms with Gasteiger partial charge in [-0.25, -0.2) is 0 Å². The van der Waals surface area contributed by atoms with E-state index >= 15 is 0 Å². The van der Waals surface area contributed by atoms with Crippen molar-refractivity contribution in [2.75, 3.05) is 18.1 Å². The Labute approximate surface area is 106 Å². The van der Waals surface area contributed by atoms with E-state index in [9.17, 15) is 4.79 Å².